The molecule has 0 spiro atoms. The molecule has 8 nitrogen and oxygen atoms in total. The van der Waals surface area contributed by atoms with Gasteiger partial charge >= 0.3 is 0 Å². The molecule has 29 heavy (non-hydrogen) atoms. The van der Waals surface area contributed by atoms with Gasteiger partial charge in [0, 0.05) is 18.2 Å². The molecule has 2 saturated heterocycles. The van der Waals surface area contributed by atoms with E-state index in [0.29, 0.717) is 25.3 Å². The minimum absolute atomic E-state index is 0.0714. The van der Waals surface area contributed by atoms with E-state index in [1.165, 1.54) is 0 Å². The first-order chi connectivity index (χ1) is 13.9. The number of carbonyl (C=O) groups is 1. The van der Waals surface area contributed by atoms with Crippen LogP contribution in [-0.4, -0.2) is 70.0 Å². The summed E-state index contributed by atoms with van der Waals surface area (Å²) in [5.41, 5.74) is 0.949. The topological polar surface area (TPSA) is 94.2 Å². The van der Waals surface area contributed by atoms with E-state index in [2.05, 4.69) is 4.72 Å². The number of nitrogens with one attached hydrogen (secondary N) is 1. The molecule has 0 aliphatic carbocycles. The Hall–Kier alpha value is -1.68. The minimum atomic E-state index is -3.40. The molecule has 9 heteroatoms. The molecule has 4 aliphatic rings. The Morgan fingerprint density at radius 1 is 1.10 bits per heavy atom. The van der Waals surface area contributed by atoms with Gasteiger partial charge in [-0.2, -0.15) is 0 Å². The zero-order chi connectivity index (χ0) is 20.4. The zero-order valence-corrected chi connectivity index (χ0v) is 17.4. The van der Waals surface area contributed by atoms with Gasteiger partial charge in [-0.05, 0) is 31.7 Å². The molecule has 1 aromatic carbocycles. The minimum Gasteiger partial charge on any atom is -0.483 e. The molecule has 1 N–H and O–H groups in total. The molecule has 2 fully saturated rings. The average molecular weight is 425 g/mol. The second-order valence-electron chi connectivity index (χ2n) is 7.97. The summed E-state index contributed by atoms with van der Waals surface area (Å²) < 4.78 is 44.4. The second-order valence-corrected chi connectivity index (χ2v) is 9.75. The Balaban J connectivity index is 1.61. The van der Waals surface area contributed by atoms with E-state index in [0.717, 1.165) is 31.1 Å². The Morgan fingerprint density at radius 3 is 2.69 bits per heavy atom. The molecule has 1 amide bonds. The number of para-hydroxylation sites is 1. The van der Waals surface area contributed by atoms with Crippen molar-refractivity contribution < 1.29 is 27.4 Å². The van der Waals surface area contributed by atoms with Crippen LogP contribution in [0.3, 0.4) is 0 Å². The monoisotopic (exact) mass is 424 g/mol. The summed E-state index contributed by atoms with van der Waals surface area (Å²) in [5, 5.41) is 0. The van der Waals surface area contributed by atoms with Crippen LogP contribution >= 0.6 is 0 Å². The summed E-state index contributed by atoms with van der Waals surface area (Å²) in [4.78, 5) is 14.7. The predicted molar refractivity (Wildman–Crippen MR) is 106 cm³/mol. The molecule has 0 unspecified atom stereocenters. The third kappa shape index (κ3) is 4.91. The lowest BCUT2D eigenvalue weighted by molar-refractivity contribution is -0.142. The van der Waals surface area contributed by atoms with Gasteiger partial charge in [-0.15, -0.1) is 0 Å². The molecule has 1 aromatic rings. The van der Waals surface area contributed by atoms with Crippen molar-refractivity contribution in [1.29, 1.82) is 0 Å². The predicted octanol–water partition coefficient (Wildman–Crippen LogP) is 1.22. The number of piperidine rings is 1. The maximum atomic E-state index is 13.0. The summed E-state index contributed by atoms with van der Waals surface area (Å²) in [5.74, 6) is 0.491. The van der Waals surface area contributed by atoms with Crippen molar-refractivity contribution in [2.75, 3.05) is 32.6 Å². The molecule has 160 valence electrons. The normalized spacial score (nSPS) is 30.9. The van der Waals surface area contributed by atoms with Crippen LogP contribution < -0.4 is 9.46 Å². The molecule has 0 aromatic heterocycles. The molecular weight excluding hydrogens is 396 g/mol. The van der Waals surface area contributed by atoms with Gasteiger partial charge in [0.2, 0.25) is 10.0 Å². The molecule has 4 aliphatic heterocycles. The van der Waals surface area contributed by atoms with E-state index >= 15 is 0 Å². The number of hydrogen-bond donors (Lipinski definition) is 1. The van der Waals surface area contributed by atoms with Gasteiger partial charge < -0.3 is 19.1 Å². The highest BCUT2D eigenvalue weighted by Gasteiger charge is 2.37. The Morgan fingerprint density at radius 2 is 1.93 bits per heavy atom. The number of carbonyl (C=O) groups excluding carboxylic acids is 1. The summed E-state index contributed by atoms with van der Waals surface area (Å²) in [6.07, 6.45) is 4.02. The highest BCUT2D eigenvalue weighted by atomic mass is 32.2. The molecule has 4 heterocycles. The van der Waals surface area contributed by atoms with Crippen molar-refractivity contribution in [2.45, 2.75) is 50.0 Å². The molecule has 2 bridgehead atoms. The van der Waals surface area contributed by atoms with Crippen molar-refractivity contribution in [3.05, 3.63) is 29.8 Å². The Kier molecular flexibility index (Phi) is 6.10. The standard InChI is InChI=1S/C20H28N2O6S/c1-29(24,25)21-16-6-4-10-22-17(16)12-26-14-8-9-19(27-11-14)15-5-2-3-7-18(15)28-13-20(22)23/h2-3,5,7,14,16-17,19,21H,4,6,8-13H2,1H3/t14-,16+,17+,19-/m1/s1. The van der Waals surface area contributed by atoms with Gasteiger partial charge in [-0.25, -0.2) is 13.1 Å². The number of ether oxygens (including phenoxy) is 3. The van der Waals surface area contributed by atoms with Crippen molar-refractivity contribution in [2.24, 2.45) is 0 Å². The fourth-order valence-electron chi connectivity index (χ4n) is 4.42. The first-order valence-electron chi connectivity index (χ1n) is 10.1. The van der Waals surface area contributed by atoms with E-state index in [1.807, 2.05) is 24.3 Å². The van der Waals surface area contributed by atoms with Crippen LogP contribution in [0.2, 0.25) is 0 Å². The molecule has 0 saturated carbocycles. The molecule has 4 atom stereocenters. The van der Waals surface area contributed by atoms with E-state index in [9.17, 15) is 13.2 Å². The van der Waals surface area contributed by atoms with E-state index in [4.69, 9.17) is 14.2 Å². The Bertz CT molecular complexity index is 837. The summed E-state index contributed by atoms with van der Waals surface area (Å²) in [6, 6.07) is 6.90. The molecular formula is C20H28N2O6S. The van der Waals surface area contributed by atoms with Crippen LogP contribution in [0.25, 0.3) is 0 Å². The first kappa shape index (κ1) is 20.6. The van der Waals surface area contributed by atoms with Gasteiger partial charge in [0.15, 0.2) is 6.61 Å². The quantitative estimate of drug-likeness (QED) is 0.767. The smallest absolute Gasteiger partial charge is 0.260 e. The van der Waals surface area contributed by atoms with Crippen LogP contribution in [0.5, 0.6) is 5.75 Å². The van der Waals surface area contributed by atoms with Gasteiger partial charge in [-0.1, -0.05) is 18.2 Å². The molecule has 5 rings (SSSR count). The van der Waals surface area contributed by atoms with Gasteiger partial charge in [0.05, 0.1) is 37.7 Å². The third-order valence-corrected chi connectivity index (χ3v) is 6.55. The third-order valence-electron chi connectivity index (χ3n) is 5.82. The number of fused-ring (bicyclic) bond motifs is 5. The lowest BCUT2D eigenvalue weighted by atomic mass is 9.97. The lowest BCUT2D eigenvalue weighted by Crippen LogP contribution is -2.59. The van der Waals surface area contributed by atoms with Crippen molar-refractivity contribution in [3.8, 4) is 5.75 Å². The number of amides is 1. The summed E-state index contributed by atoms with van der Waals surface area (Å²) in [6.45, 7) is 1.19. The van der Waals surface area contributed by atoms with E-state index < -0.39 is 10.0 Å². The average Bonchev–Trinajstić information content (AvgIpc) is 2.71. The number of sulfonamides is 1. The van der Waals surface area contributed by atoms with Crippen molar-refractivity contribution in [1.82, 2.24) is 9.62 Å². The van der Waals surface area contributed by atoms with Gasteiger partial charge in [0.25, 0.3) is 5.91 Å². The van der Waals surface area contributed by atoms with Crippen molar-refractivity contribution >= 4 is 15.9 Å². The molecule has 0 radical (unpaired) electrons. The SMILES string of the molecule is CS(=O)(=O)N[C@H]1CCCN2C(=O)COc3ccccc3[C@H]3CC[C@H](CO3)OC[C@@H]12. The maximum absolute atomic E-state index is 13.0. The van der Waals surface area contributed by atoms with Crippen LogP contribution in [0, 0.1) is 0 Å². The highest BCUT2D eigenvalue weighted by Crippen LogP contribution is 2.35. The Labute approximate surface area is 171 Å². The summed E-state index contributed by atoms with van der Waals surface area (Å²) in [7, 11) is -3.40. The largest absolute Gasteiger partial charge is 0.483 e. The first-order valence-corrected chi connectivity index (χ1v) is 12.0. The zero-order valence-electron chi connectivity index (χ0n) is 16.6. The number of hydrogen-bond acceptors (Lipinski definition) is 6. The van der Waals surface area contributed by atoms with Gasteiger partial charge in [-0.3, -0.25) is 4.79 Å². The van der Waals surface area contributed by atoms with Gasteiger partial charge in [0.1, 0.15) is 5.75 Å². The van der Waals surface area contributed by atoms with Crippen LogP contribution in [0.15, 0.2) is 24.3 Å². The van der Waals surface area contributed by atoms with Crippen LogP contribution in [0.1, 0.15) is 37.4 Å². The second kappa shape index (κ2) is 8.59. The number of rotatable bonds is 2. The van der Waals surface area contributed by atoms with E-state index in [-0.39, 0.29) is 43.4 Å². The van der Waals surface area contributed by atoms with Crippen LogP contribution in [0.4, 0.5) is 0 Å². The van der Waals surface area contributed by atoms with Crippen LogP contribution in [-0.2, 0) is 24.3 Å². The fraction of sp³-hybridized carbons (Fsp3) is 0.650. The highest BCUT2D eigenvalue weighted by molar-refractivity contribution is 7.88. The lowest BCUT2D eigenvalue weighted by Gasteiger charge is -2.41. The van der Waals surface area contributed by atoms with Crippen molar-refractivity contribution in [3.63, 3.8) is 0 Å². The fourth-order valence-corrected chi connectivity index (χ4v) is 5.25. The number of nitrogens with zero attached hydrogens (tertiary/aromatic N) is 1. The number of benzene rings is 1. The van der Waals surface area contributed by atoms with E-state index in [1.54, 1.807) is 4.90 Å². The maximum Gasteiger partial charge on any atom is 0.260 e. The summed E-state index contributed by atoms with van der Waals surface area (Å²) >= 11 is 0.